The zero-order valence-electron chi connectivity index (χ0n) is 11.7. The Morgan fingerprint density at radius 2 is 1.85 bits per heavy atom. The van der Waals surface area contributed by atoms with E-state index in [2.05, 4.69) is 4.72 Å². The van der Waals surface area contributed by atoms with E-state index in [1.807, 2.05) is 0 Å². The molecule has 3 N–H and O–H groups in total. The SMILES string of the molecule is Cc1cc(C)c(S(=O)(=O)NCCO)c(C)c1CC(=O)O. The van der Waals surface area contributed by atoms with E-state index in [1.54, 1.807) is 26.8 Å². The molecule has 0 unspecified atom stereocenters. The second-order valence-electron chi connectivity index (χ2n) is 4.63. The van der Waals surface area contributed by atoms with Crippen molar-refractivity contribution in [3.8, 4) is 0 Å². The number of carboxylic acids is 1. The summed E-state index contributed by atoms with van der Waals surface area (Å²) in [5, 5.41) is 17.7. The minimum atomic E-state index is -3.76. The molecule has 112 valence electrons. The maximum Gasteiger partial charge on any atom is 0.307 e. The highest BCUT2D eigenvalue weighted by atomic mass is 32.2. The standard InChI is InChI=1S/C13H19NO5S/c1-8-6-9(2)13(20(18,19)14-4-5-15)10(3)11(8)7-12(16)17/h6,14-15H,4-5,7H2,1-3H3,(H,16,17). The number of rotatable bonds is 6. The maximum absolute atomic E-state index is 12.2. The fraction of sp³-hybridized carbons (Fsp3) is 0.462. The fourth-order valence-corrected chi connectivity index (χ4v) is 3.81. The number of benzene rings is 1. The summed E-state index contributed by atoms with van der Waals surface area (Å²) in [5.74, 6) is -1.01. The number of aliphatic hydroxyl groups is 1. The van der Waals surface area contributed by atoms with E-state index < -0.39 is 16.0 Å². The van der Waals surface area contributed by atoms with Gasteiger partial charge < -0.3 is 10.2 Å². The lowest BCUT2D eigenvalue weighted by molar-refractivity contribution is -0.136. The van der Waals surface area contributed by atoms with Crippen molar-refractivity contribution >= 4 is 16.0 Å². The summed E-state index contributed by atoms with van der Waals surface area (Å²) in [6.45, 7) is 4.65. The normalized spacial score (nSPS) is 11.6. The van der Waals surface area contributed by atoms with Gasteiger partial charge in [-0.05, 0) is 43.0 Å². The molecular weight excluding hydrogens is 282 g/mol. The van der Waals surface area contributed by atoms with E-state index in [9.17, 15) is 13.2 Å². The lowest BCUT2D eigenvalue weighted by Crippen LogP contribution is -2.28. The van der Waals surface area contributed by atoms with Gasteiger partial charge in [-0.1, -0.05) is 6.07 Å². The number of hydrogen-bond donors (Lipinski definition) is 3. The van der Waals surface area contributed by atoms with Gasteiger partial charge in [0.25, 0.3) is 0 Å². The van der Waals surface area contributed by atoms with E-state index in [0.29, 0.717) is 16.7 Å². The zero-order chi connectivity index (χ0) is 15.5. The number of aliphatic hydroxyl groups excluding tert-OH is 1. The predicted molar refractivity (Wildman–Crippen MR) is 74.3 cm³/mol. The Hall–Kier alpha value is -1.44. The summed E-state index contributed by atoms with van der Waals surface area (Å²) in [7, 11) is -3.76. The first kappa shape index (κ1) is 16.6. The molecule has 0 heterocycles. The summed E-state index contributed by atoms with van der Waals surface area (Å²) in [4.78, 5) is 11.0. The molecule has 1 rings (SSSR count). The second kappa shape index (κ2) is 6.34. The van der Waals surface area contributed by atoms with Crippen LogP contribution in [0.25, 0.3) is 0 Å². The van der Waals surface area contributed by atoms with E-state index >= 15 is 0 Å². The van der Waals surface area contributed by atoms with Crippen LogP contribution in [0.4, 0.5) is 0 Å². The first-order valence-electron chi connectivity index (χ1n) is 6.12. The molecule has 6 nitrogen and oxygen atoms in total. The lowest BCUT2D eigenvalue weighted by Gasteiger charge is -2.17. The van der Waals surface area contributed by atoms with Crippen molar-refractivity contribution in [2.24, 2.45) is 0 Å². The van der Waals surface area contributed by atoms with Gasteiger partial charge in [-0.2, -0.15) is 0 Å². The van der Waals surface area contributed by atoms with E-state index in [1.165, 1.54) is 0 Å². The number of aliphatic carboxylic acids is 1. The fourth-order valence-electron chi connectivity index (χ4n) is 2.29. The maximum atomic E-state index is 12.2. The summed E-state index contributed by atoms with van der Waals surface area (Å²) < 4.78 is 26.7. The third-order valence-corrected chi connectivity index (χ3v) is 4.81. The minimum Gasteiger partial charge on any atom is -0.481 e. The monoisotopic (exact) mass is 301 g/mol. The highest BCUT2D eigenvalue weighted by molar-refractivity contribution is 7.89. The van der Waals surface area contributed by atoms with Crippen LogP contribution in [0.2, 0.25) is 0 Å². The number of carbonyl (C=O) groups is 1. The first-order chi connectivity index (χ1) is 9.20. The van der Waals surface area contributed by atoms with Crippen LogP contribution in [0.3, 0.4) is 0 Å². The summed E-state index contributed by atoms with van der Waals surface area (Å²) >= 11 is 0. The van der Waals surface area contributed by atoms with Crippen LogP contribution >= 0.6 is 0 Å². The van der Waals surface area contributed by atoms with Crippen LogP contribution in [0.15, 0.2) is 11.0 Å². The van der Waals surface area contributed by atoms with Crippen molar-refractivity contribution in [2.75, 3.05) is 13.2 Å². The number of hydrogen-bond acceptors (Lipinski definition) is 4. The molecule has 0 radical (unpaired) electrons. The number of carboxylic acid groups (broad SMARTS) is 1. The van der Waals surface area contributed by atoms with Crippen LogP contribution in [-0.2, 0) is 21.2 Å². The van der Waals surface area contributed by atoms with Gasteiger partial charge >= 0.3 is 5.97 Å². The van der Waals surface area contributed by atoms with Crippen LogP contribution in [0.5, 0.6) is 0 Å². The molecule has 0 amide bonds. The van der Waals surface area contributed by atoms with Crippen molar-refractivity contribution < 1.29 is 23.4 Å². The van der Waals surface area contributed by atoms with Gasteiger partial charge in [0.2, 0.25) is 10.0 Å². The molecule has 0 aliphatic rings. The zero-order valence-corrected chi connectivity index (χ0v) is 12.5. The molecule has 0 aliphatic carbocycles. The molecule has 0 fully saturated rings. The highest BCUT2D eigenvalue weighted by Crippen LogP contribution is 2.26. The Labute approximate surface area is 118 Å². The molecule has 0 saturated carbocycles. The quantitative estimate of drug-likeness (QED) is 0.710. The Balaban J connectivity index is 3.44. The molecule has 0 aromatic heterocycles. The average Bonchev–Trinajstić information content (AvgIpc) is 2.31. The smallest absolute Gasteiger partial charge is 0.307 e. The van der Waals surface area contributed by atoms with Crippen LogP contribution in [-0.4, -0.2) is 37.8 Å². The van der Waals surface area contributed by atoms with Crippen molar-refractivity contribution in [1.82, 2.24) is 4.72 Å². The minimum absolute atomic E-state index is 0.0800. The molecule has 0 spiro atoms. The number of aryl methyl sites for hydroxylation is 2. The van der Waals surface area contributed by atoms with Crippen LogP contribution in [0.1, 0.15) is 22.3 Å². The Bertz CT molecular complexity index is 622. The van der Waals surface area contributed by atoms with Crippen molar-refractivity contribution in [3.05, 3.63) is 28.3 Å². The van der Waals surface area contributed by atoms with Gasteiger partial charge in [-0.15, -0.1) is 0 Å². The van der Waals surface area contributed by atoms with Crippen molar-refractivity contribution in [1.29, 1.82) is 0 Å². The highest BCUT2D eigenvalue weighted by Gasteiger charge is 2.23. The largest absolute Gasteiger partial charge is 0.481 e. The molecule has 0 saturated heterocycles. The van der Waals surface area contributed by atoms with Gasteiger partial charge in [0.05, 0.1) is 17.9 Å². The van der Waals surface area contributed by atoms with Gasteiger partial charge in [-0.3, -0.25) is 4.79 Å². The van der Waals surface area contributed by atoms with Gasteiger partial charge in [0.1, 0.15) is 0 Å². The summed E-state index contributed by atoms with van der Waals surface area (Å²) in [6.07, 6.45) is -0.222. The van der Waals surface area contributed by atoms with Crippen molar-refractivity contribution in [2.45, 2.75) is 32.1 Å². The van der Waals surface area contributed by atoms with E-state index in [4.69, 9.17) is 10.2 Å². The topological polar surface area (TPSA) is 104 Å². The van der Waals surface area contributed by atoms with Gasteiger partial charge in [-0.25, -0.2) is 13.1 Å². The summed E-state index contributed by atoms with van der Waals surface area (Å²) in [6, 6.07) is 1.67. The van der Waals surface area contributed by atoms with Crippen molar-refractivity contribution in [3.63, 3.8) is 0 Å². The molecule has 0 aliphatic heterocycles. The van der Waals surface area contributed by atoms with E-state index in [-0.39, 0.29) is 24.5 Å². The van der Waals surface area contributed by atoms with Gasteiger partial charge in [0, 0.05) is 6.54 Å². The third-order valence-electron chi connectivity index (χ3n) is 3.06. The van der Waals surface area contributed by atoms with Crippen LogP contribution in [0, 0.1) is 20.8 Å². The average molecular weight is 301 g/mol. The molecule has 7 heteroatoms. The number of nitrogens with one attached hydrogen (secondary N) is 1. The second-order valence-corrected chi connectivity index (χ2v) is 6.34. The first-order valence-corrected chi connectivity index (χ1v) is 7.61. The Kier molecular flexibility index (Phi) is 5.27. The molecule has 1 aromatic carbocycles. The molecule has 0 atom stereocenters. The number of sulfonamides is 1. The molecular formula is C13H19NO5S. The lowest BCUT2D eigenvalue weighted by atomic mass is 9.97. The van der Waals surface area contributed by atoms with Gasteiger partial charge in [0.15, 0.2) is 0 Å². The molecule has 0 bridgehead atoms. The van der Waals surface area contributed by atoms with E-state index in [0.717, 1.165) is 5.56 Å². The Morgan fingerprint density at radius 3 is 2.35 bits per heavy atom. The predicted octanol–water partition coefficient (Wildman–Crippen LogP) is 0.510. The third kappa shape index (κ3) is 3.56. The molecule has 20 heavy (non-hydrogen) atoms. The van der Waals surface area contributed by atoms with Crippen LogP contribution < -0.4 is 4.72 Å². The molecule has 1 aromatic rings. The summed E-state index contributed by atoms with van der Waals surface area (Å²) in [5.41, 5.74) is 2.26. The Morgan fingerprint density at radius 1 is 1.25 bits per heavy atom.